The van der Waals surface area contributed by atoms with Gasteiger partial charge >= 0.3 is 0 Å². The standard InChI is InChI=1S/C16H26N4O4S/c1-4-20-8-7-19(2)10-12(11-20)18-16(21)14-9-13(25(17,22)23)5-6-15(14)24-3/h5-6,9,12H,4,7-8,10-11H2,1-3H3,(H,18,21)(H2,17,22,23). The Hall–Kier alpha value is -1.68. The number of amides is 1. The third-order valence-corrected chi connectivity index (χ3v) is 5.25. The zero-order valence-corrected chi connectivity index (χ0v) is 15.7. The van der Waals surface area contributed by atoms with Gasteiger partial charge in [0.1, 0.15) is 5.75 Å². The Morgan fingerprint density at radius 3 is 2.68 bits per heavy atom. The molecule has 140 valence electrons. The summed E-state index contributed by atoms with van der Waals surface area (Å²) in [6.45, 7) is 6.34. The van der Waals surface area contributed by atoms with Gasteiger partial charge < -0.3 is 19.9 Å². The normalized spacial score (nSPS) is 20.1. The van der Waals surface area contributed by atoms with Crippen LogP contribution in [0, 0.1) is 0 Å². The Bertz CT molecular complexity index is 723. The number of hydrogen-bond donors (Lipinski definition) is 2. The van der Waals surface area contributed by atoms with Gasteiger partial charge in [0.2, 0.25) is 10.0 Å². The molecule has 0 bridgehead atoms. The van der Waals surface area contributed by atoms with Crippen molar-refractivity contribution in [2.45, 2.75) is 17.9 Å². The summed E-state index contributed by atoms with van der Waals surface area (Å²) in [6, 6.07) is 3.94. The van der Waals surface area contributed by atoms with Gasteiger partial charge in [-0.05, 0) is 31.8 Å². The molecule has 1 atom stereocenters. The maximum atomic E-state index is 12.7. The summed E-state index contributed by atoms with van der Waals surface area (Å²) < 4.78 is 28.3. The van der Waals surface area contributed by atoms with E-state index in [0.29, 0.717) is 5.75 Å². The predicted octanol–water partition coefficient (Wildman–Crippen LogP) is -0.292. The van der Waals surface area contributed by atoms with E-state index in [0.717, 1.165) is 32.7 Å². The first-order valence-corrected chi connectivity index (χ1v) is 9.71. The largest absolute Gasteiger partial charge is 0.496 e. The average Bonchev–Trinajstić information content (AvgIpc) is 2.74. The summed E-state index contributed by atoms with van der Waals surface area (Å²) in [5.74, 6) is -0.0714. The zero-order valence-electron chi connectivity index (χ0n) is 14.9. The molecule has 1 fully saturated rings. The Kier molecular flexibility index (Phi) is 6.39. The van der Waals surface area contributed by atoms with Gasteiger partial charge in [-0.15, -0.1) is 0 Å². The number of nitrogens with one attached hydrogen (secondary N) is 1. The molecule has 1 aliphatic heterocycles. The van der Waals surface area contributed by atoms with Crippen LogP contribution in [-0.2, 0) is 10.0 Å². The molecule has 3 N–H and O–H groups in total. The minimum absolute atomic E-state index is 0.0669. The molecule has 1 aliphatic rings. The smallest absolute Gasteiger partial charge is 0.255 e. The fourth-order valence-corrected chi connectivity index (χ4v) is 3.46. The number of nitrogens with zero attached hydrogens (tertiary/aromatic N) is 2. The van der Waals surface area contributed by atoms with Gasteiger partial charge in [-0.3, -0.25) is 4.79 Å². The lowest BCUT2D eigenvalue weighted by Crippen LogP contribution is -2.46. The molecule has 0 radical (unpaired) electrons. The minimum atomic E-state index is -3.90. The third-order valence-electron chi connectivity index (χ3n) is 4.34. The van der Waals surface area contributed by atoms with Gasteiger partial charge in [0.05, 0.1) is 23.6 Å². The summed E-state index contributed by atoms with van der Waals surface area (Å²) in [5, 5.41) is 8.15. The van der Waals surface area contributed by atoms with Crippen molar-refractivity contribution in [2.24, 2.45) is 5.14 Å². The van der Waals surface area contributed by atoms with E-state index in [1.54, 1.807) is 0 Å². The van der Waals surface area contributed by atoms with Crippen LogP contribution in [0.3, 0.4) is 0 Å². The second-order valence-electron chi connectivity index (χ2n) is 6.23. The van der Waals surface area contributed by atoms with Gasteiger partial charge in [-0.25, -0.2) is 13.6 Å². The van der Waals surface area contributed by atoms with E-state index in [1.165, 1.54) is 25.3 Å². The van der Waals surface area contributed by atoms with Crippen molar-refractivity contribution in [3.63, 3.8) is 0 Å². The number of rotatable bonds is 5. The highest BCUT2D eigenvalue weighted by Gasteiger charge is 2.24. The van der Waals surface area contributed by atoms with E-state index in [2.05, 4.69) is 22.0 Å². The summed E-state index contributed by atoms with van der Waals surface area (Å²) in [6.07, 6.45) is 0. The number of primary sulfonamides is 1. The van der Waals surface area contributed by atoms with Crippen molar-refractivity contribution in [1.82, 2.24) is 15.1 Å². The molecule has 1 saturated heterocycles. The third kappa shape index (κ3) is 5.15. The first kappa shape index (κ1) is 19.6. The number of carbonyl (C=O) groups is 1. The first-order valence-electron chi connectivity index (χ1n) is 8.17. The zero-order chi connectivity index (χ0) is 18.6. The first-order chi connectivity index (χ1) is 11.7. The molecule has 1 unspecified atom stereocenters. The molecule has 1 heterocycles. The van der Waals surface area contributed by atoms with Crippen molar-refractivity contribution in [2.75, 3.05) is 46.9 Å². The van der Waals surface area contributed by atoms with E-state index in [9.17, 15) is 13.2 Å². The molecule has 1 aromatic carbocycles. The Balaban J connectivity index is 2.24. The molecule has 1 aromatic rings. The minimum Gasteiger partial charge on any atom is -0.496 e. The second kappa shape index (κ2) is 8.13. The molecule has 25 heavy (non-hydrogen) atoms. The quantitative estimate of drug-likeness (QED) is 0.738. The van der Waals surface area contributed by atoms with Gasteiger partial charge in [-0.2, -0.15) is 0 Å². The summed E-state index contributed by atoms with van der Waals surface area (Å²) in [4.78, 5) is 17.0. The van der Waals surface area contributed by atoms with Crippen LogP contribution in [0.15, 0.2) is 23.1 Å². The lowest BCUT2D eigenvalue weighted by atomic mass is 10.1. The van der Waals surface area contributed by atoms with E-state index >= 15 is 0 Å². The van der Waals surface area contributed by atoms with Crippen LogP contribution in [-0.4, -0.2) is 77.0 Å². The number of ether oxygens (including phenoxy) is 1. The molecule has 0 spiro atoms. The van der Waals surface area contributed by atoms with Crippen LogP contribution in [0.5, 0.6) is 5.75 Å². The number of carbonyl (C=O) groups excluding carboxylic acids is 1. The summed E-state index contributed by atoms with van der Waals surface area (Å²) in [7, 11) is -0.450. The number of sulfonamides is 1. The second-order valence-corrected chi connectivity index (χ2v) is 7.79. The summed E-state index contributed by atoms with van der Waals surface area (Å²) in [5.41, 5.74) is 0.156. The van der Waals surface area contributed by atoms with E-state index in [4.69, 9.17) is 9.88 Å². The van der Waals surface area contributed by atoms with E-state index < -0.39 is 10.0 Å². The molecule has 0 aliphatic carbocycles. The average molecular weight is 370 g/mol. The lowest BCUT2D eigenvalue weighted by molar-refractivity contribution is 0.0921. The molecule has 1 amide bonds. The van der Waals surface area contributed by atoms with Gasteiger partial charge in [0.25, 0.3) is 5.91 Å². The number of methoxy groups -OCH3 is 1. The summed E-state index contributed by atoms with van der Waals surface area (Å²) >= 11 is 0. The van der Waals surface area contributed by atoms with Crippen molar-refractivity contribution < 1.29 is 17.9 Å². The monoisotopic (exact) mass is 370 g/mol. The van der Waals surface area contributed by atoms with Crippen LogP contribution >= 0.6 is 0 Å². The molecule has 8 nitrogen and oxygen atoms in total. The molecule has 2 rings (SSSR count). The van der Waals surface area contributed by atoms with Gasteiger partial charge in [-0.1, -0.05) is 6.92 Å². The fraction of sp³-hybridized carbons (Fsp3) is 0.562. The predicted molar refractivity (Wildman–Crippen MR) is 95.2 cm³/mol. The maximum Gasteiger partial charge on any atom is 0.255 e. The Morgan fingerprint density at radius 1 is 1.36 bits per heavy atom. The van der Waals surface area contributed by atoms with Crippen molar-refractivity contribution in [3.05, 3.63) is 23.8 Å². The maximum absolute atomic E-state index is 12.7. The lowest BCUT2D eigenvalue weighted by Gasteiger charge is -2.24. The highest BCUT2D eigenvalue weighted by Crippen LogP contribution is 2.22. The van der Waals surface area contributed by atoms with E-state index in [1.807, 2.05) is 7.05 Å². The Morgan fingerprint density at radius 2 is 2.08 bits per heavy atom. The molecule has 0 aromatic heterocycles. The molecular weight excluding hydrogens is 344 g/mol. The topological polar surface area (TPSA) is 105 Å². The number of benzene rings is 1. The van der Waals surface area contributed by atoms with Crippen LogP contribution in [0.4, 0.5) is 0 Å². The van der Waals surface area contributed by atoms with E-state index in [-0.39, 0.29) is 22.4 Å². The SMILES string of the molecule is CCN1CCN(C)CC(NC(=O)c2cc(S(N)(=O)=O)ccc2OC)C1. The molecule has 0 saturated carbocycles. The van der Waals surface area contributed by atoms with Crippen molar-refractivity contribution in [1.29, 1.82) is 0 Å². The van der Waals surface area contributed by atoms with Crippen molar-refractivity contribution in [3.8, 4) is 5.75 Å². The van der Waals surface area contributed by atoms with Gasteiger partial charge in [0.15, 0.2) is 0 Å². The van der Waals surface area contributed by atoms with Crippen LogP contribution in [0.2, 0.25) is 0 Å². The van der Waals surface area contributed by atoms with Crippen LogP contribution in [0.25, 0.3) is 0 Å². The molecular formula is C16H26N4O4S. The Labute approximate surface area is 149 Å². The highest BCUT2D eigenvalue weighted by molar-refractivity contribution is 7.89. The number of likely N-dealkylation sites (N-methyl/N-ethyl adjacent to an activating group) is 2. The number of nitrogens with two attached hydrogens (primary N) is 1. The van der Waals surface area contributed by atoms with Crippen LogP contribution < -0.4 is 15.2 Å². The van der Waals surface area contributed by atoms with Gasteiger partial charge in [0, 0.05) is 26.2 Å². The highest BCUT2D eigenvalue weighted by atomic mass is 32.2. The fourth-order valence-electron chi connectivity index (χ4n) is 2.92. The van der Waals surface area contributed by atoms with Crippen molar-refractivity contribution >= 4 is 15.9 Å². The van der Waals surface area contributed by atoms with Crippen LogP contribution in [0.1, 0.15) is 17.3 Å². The molecule has 9 heteroatoms. The number of hydrogen-bond acceptors (Lipinski definition) is 6.